The fraction of sp³-hybridized carbons (Fsp3) is 0.0769. The number of halogens is 3. The first-order chi connectivity index (χ1) is 8.11. The highest BCUT2D eigenvalue weighted by atomic mass is 19.2. The lowest BCUT2D eigenvalue weighted by Crippen LogP contribution is -2.14. The van der Waals surface area contributed by atoms with Crippen LogP contribution in [0, 0.1) is 17.5 Å². The van der Waals surface area contributed by atoms with Crippen molar-refractivity contribution in [3.8, 4) is 0 Å². The first kappa shape index (κ1) is 11.7. The topological polar surface area (TPSA) is 26.0 Å². The van der Waals surface area contributed by atoms with Crippen molar-refractivity contribution in [2.75, 3.05) is 0 Å². The first-order valence-corrected chi connectivity index (χ1v) is 5.05. The molecule has 2 aromatic rings. The normalized spacial score (nSPS) is 12.5. The lowest BCUT2D eigenvalue weighted by molar-refractivity contribution is 0.438. The number of benzene rings is 2. The predicted molar refractivity (Wildman–Crippen MR) is 58.8 cm³/mol. The molecule has 4 heteroatoms. The molecule has 0 spiro atoms. The maximum absolute atomic E-state index is 13.5. The Hall–Kier alpha value is -1.81. The van der Waals surface area contributed by atoms with Crippen molar-refractivity contribution >= 4 is 0 Å². The van der Waals surface area contributed by atoms with Crippen LogP contribution in [0.4, 0.5) is 13.2 Å². The maximum Gasteiger partial charge on any atom is 0.194 e. The summed E-state index contributed by atoms with van der Waals surface area (Å²) in [5.74, 6) is -3.94. The summed E-state index contributed by atoms with van der Waals surface area (Å²) in [7, 11) is 0. The van der Waals surface area contributed by atoms with E-state index in [1.165, 1.54) is 0 Å². The molecule has 0 aliphatic rings. The summed E-state index contributed by atoms with van der Waals surface area (Å²) >= 11 is 0. The van der Waals surface area contributed by atoms with E-state index in [1.54, 1.807) is 30.3 Å². The molecule has 1 nitrogen and oxygen atoms in total. The van der Waals surface area contributed by atoms with Gasteiger partial charge in [-0.05, 0) is 11.6 Å². The smallest absolute Gasteiger partial charge is 0.194 e. The van der Waals surface area contributed by atoms with Crippen LogP contribution in [0.1, 0.15) is 17.2 Å². The number of hydrogen-bond acceptors (Lipinski definition) is 1. The standard InChI is InChI=1S/C13H10F3N/c14-10-7-6-9(11(15)12(10)16)13(17)8-4-2-1-3-5-8/h1-7,13H,17H2. The van der Waals surface area contributed by atoms with Crippen molar-refractivity contribution in [3.05, 3.63) is 71.0 Å². The van der Waals surface area contributed by atoms with Crippen molar-refractivity contribution in [2.45, 2.75) is 6.04 Å². The van der Waals surface area contributed by atoms with E-state index < -0.39 is 23.5 Å². The predicted octanol–water partition coefficient (Wildman–Crippen LogP) is 3.15. The molecule has 0 amide bonds. The molecule has 0 aliphatic carbocycles. The monoisotopic (exact) mass is 237 g/mol. The maximum atomic E-state index is 13.5. The van der Waals surface area contributed by atoms with Crippen LogP contribution in [0.2, 0.25) is 0 Å². The van der Waals surface area contributed by atoms with Crippen LogP contribution in [0.15, 0.2) is 42.5 Å². The van der Waals surface area contributed by atoms with Crippen LogP contribution < -0.4 is 5.73 Å². The quantitative estimate of drug-likeness (QED) is 0.798. The van der Waals surface area contributed by atoms with Gasteiger partial charge in [0.05, 0.1) is 6.04 Å². The molecule has 0 heterocycles. The lowest BCUT2D eigenvalue weighted by Gasteiger charge is -2.13. The minimum absolute atomic E-state index is 0.0601. The van der Waals surface area contributed by atoms with Crippen LogP contribution in [0.5, 0.6) is 0 Å². The average molecular weight is 237 g/mol. The molecule has 1 unspecified atom stereocenters. The van der Waals surface area contributed by atoms with Crippen LogP contribution in [-0.2, 0) is 0 Å². The average Bonchev–Trinajstić information content (AvgIpc) is 2.36. The van der Waals surface area contributed by atoms with E-state index in [0.29, 0.717) is 5.56 Å². The molecule has 0 saturated heterocycles. The van der Waals surface area contributed by atoms with Gasteiger partial charge in [-0.25, -0.2) is 13.2 Å². The second-order valence-electron chi connectivity index (χ2n) is 3.65. The second-order valence-corrected chi connectivity index (χ2v) is 3.65. The highest BCUT2D eigenvalue weighted by Crippen LogP contribution is 2.24. The molecule has 2 N–H and O–H groups in total. The Bertz CT molecular complexity index is 526. The third kappa shape index (κ3) is 2.17. The molecule has 88 valence electrons. The lowest BCUT2D eigenvalue weighted by atomic mass is 9.99. The zero-order valence-electron chi connectivity index (χ0n) is 8.83. The van der Waals surface area contributed by atoms with Gasteiger partial charge < -0.3 is 5.73 Å². The van der Waals surface area contributed by atoms with Crippen LogP contribution in [-0.4, -0.2) is 0 Å². The van der Waals surface area contributed by atoms with Gasteiger partial charge in [0.15, 0.2) is 17.5 Å². The minimum atomic E-state index is -1.49. The summed E-state index contributed by atoms with van der Waals surface area (Å²) in [5.41, 5.74) is 6.38. The van der Waals surface area contributed by atoms with Gasteiger partial charge in [0.25, 0.3) is 0 Å². The van der Waals surface area contributed by atoms with Gasteiger partial charge >= 0.3 is 0 Å². The molecule has 0 saturated carbocycles. The summed E-state index contributed by atoms with van der Waals surface area (Å²) in [6.45, 7) is 0. The highest BCUT2D eigenvalue weighted by Gasteiger charge is 2.19. The Morgan fingerprint density at radius 3 is 2.12 bits per heavy atom. The van der Waals surface area contributed by atoms with Gasteiger partial charge in [0, 0.05) is 5.56 Å². The van der Waals surface area contributed by atoms with Crippen LogP contribution >= 0.6 is 0 Å². The fourth-order valence-corrected chi connectivity index (χ4v) is 1.62. The van der Waals surface area contributed by atoms with E-state index in [2.05, 4.69) is 0 Å². The molecule has 2 rings (SSSR count). The molecule has 0 bridgehead atoms. The van der Waals surface area contributed by atoms with Gasteiger partial charge in [-0.2, -0.15) is 0 Å². The van der Waals surface area contributed by atoms with Crippen LogP contribution in [0.3, 0.4) is 0 Å². The van der Waals surface area contributed by atoms with Crippen molar-refractivity contribution in [2.24, 2.45) is 5.73 Å². The van der Waals surface area contributed by atoms with Gasteiger partial charge in [-0.15, -0.1) is 0 Å². The van der Waals surface area contributed by atoms with E-state index in [9.17, 15) is 13.2 Å². The van der Waals surface area contributed by atoms with Crippen molar-refractivity contribution in [3.63, 3.8) is 0 Å². The SMILES string of the molecule is NC(c1ccccc1)c1ccc(F)c(F)c1F. The molecule has 0 aromatic heterocycles. The van der Waals surface area contributed by atoms with E-state index in [-0.39, 0.29) is 5.56 Å². The van der Waals surface area contributed by atoms with Crippen molar-refractivity contribution < 1.29 is 13.2 Å². The van der Waals surface area contributed by atoms with Crippen molar-refractivity contribution in [1.29, 1.82) is 0 Å². The third-order valence-corrected chi connectivity index (χ3v) is 2.56. The Balaban J connectivity index is 2.45. The van der Waals surface area contributed by atoms with Gasteiger partial charge in [0.1, 0.15) is 0 Å². The first-order valence-electron chi connectivity index (χ1n) is 5.05. The number of hydrogen-bond donors (Lipinski definition) is 1. The molecule has 17 heavy (non-hydrogen) atoms. The van der Waals surface area contributed by atoms with Crippen molar-refractivity contribution in [1.82, 2.24) is 0 Å². The number of rotatable bonds is 2. The van der Waals surface area contributed by atoms with E-state index in [4.69, 9.17) is 5.73 Å². The minimum Gasteiger partial charge on any atom is -0.320 e. The summed E-state index contributed by atoms with van der Waals surface area (Å²) in [6.07, 6.45) is 0. The van der Waals surface area contributed by atoms with Gasteiger partial charge in [0.2, 0.25) is 0 Å². The zero-order chi connectivity index (χ0) is 12.4. The summed E-state index contributed by atoms with van der Waals surface area (Å²) < 4.78 is 39.3. The zero-order valence-corrected chi connectivity index (χ0v) is 8.83. The number of nitrogens with two attached hydrogens (primary N) is 1. The Labute approximate surface area is 96.7 Å². The molecular formula is C13H10F3N. The van der Waals surface area contributed by atoms with E-state index in [1.807, 2.05) is 0 Å². The molecule has 0 aliphatic heterocycles. The van der Waals surface area contributed by atoms with Crippen LogP contribution in [0.25, 0.3) is 0 Å². The molecular weight excluding hydrogens is 227 g/mol. The highest BCUT2D eigenvalue weighted by molar-refractivity contribution is 5.32. The van der Waals surface area contributed by atoms with Gasteiger partial charge in [-0.1, -0.05) is 36.4 Å². The van der Waals surface area contributed by atoms with E-state index >= 15 is 0 Å². The Morgan fingerprint density at radius 1 is 0.824 bits per heavy atom. The van der Waals surface area contributed by atoms with E-state index in [0.717, 1.165) is 12.1 Å². The molecule has 2 aromatic carbocycles. The Kier molecular flexibility index (Phi) is 3.15. The summed E-state index contributed by atoms with van der Waals surface area (Å²) in [5, 5.41) is 0. The molecule has 0 fully saturated rings. The summed E-state index contributed by atoms with van der Waals surface area (Å²) in [4.78, 5) is 0. The largest absolute Gasteiger partial charge is 0.320 e. The van der Waals surface area contributed by atoms with Gasteiger partial charge in [-0.3, -0.25) is 0 Å². The Morgan fingerprint density at radius 2 is 1.47 bits per heavy atom. The second kappa shape index (κ2) is 4.59. The third-order valence-electron chi connectivity index (χ3n) is 2.56. The molecule has 1 atom stereocenters. The fourth-order valence-electron chi connectivity index (χ4n) is 1.62. The summed E-state index contributed by atoms with van der Waals surface area (Å²) in [6, 6.07) is 9.89. The molecule has 0 radical (unpaired) electrons.